The smallest absolute Gasteiger partial charge is 0.355 e. The molecule has 0 unspecified atom stereocenters. The van der Waals surface area contributed by atoms with Gasteiger partial charge in [0.1, 0.15) is 11.4 Å². The molecule has 1 N–H and O–H groups in total. The van der Waals surface area contributed by atoms with Gasteiger partial charge in [0, 0.05) is 23.0 Å². The van der Waals surface area contributed by atoms with Crippen molar-refractivity contribution in [2.45, 2.75) is 0 Å². The molecule has 0 spiro atoms. The van der Waals surface area contributed by atoms with Crippen LogP contribution in [0.1, 0.15) is 15.9 Å². The summed E-state index contributed by atoms with van der Waals surface area (Å²) in [6.07, 6.45) is 6.35. The molecular formula is C23H19NO6. The number of carbonyl (C=O) groups is 3. The summed E-state index contributed by atoms with van der Waals surface area (Å²) in [5.74, 6) is -1.53. The first-order valence-corrected chi connectivity index (χ1v) is 8.95. The normalized spacial score (nSPS) is 13.1. The van der Waals surface area contributed by atoms with Crippen molar-refractivity contribution >= 4 is 23.4 Å². The summed E-state index contributed by atoms with van der Waals surface area (Å²) in [6.45, 7) is 0. The van der Waals surface area contributed by atoms with Crippen LogP contribution in [0.3, 0.4) is 0 Å². The lowest BCUT2D eigenvalue weighted by Gasteiger charge is -2.23. The SMILES string of the molecule is COC(=O)C1=C(C(=O)OC)N(c2ccc(C(=O)c3ccc(O)cc3)cc2)C=CC=C1. The lowest BCUT2D eigenvalue weighted by molar-refractivity contribution is -0.139. The van der Waals surface area contributed by atoms with Gasteiger partial charge in [-0.05, 0) is 60.7 Å². The molecule has 152 valence electrons. The van der Waals surface area contributed by atoms with Crippen molar-refractivity contribution in [3.8, 4) is 5.75 Å². The Hall–Kier alpha value is -4.13. The summed E-state index contributed by atoms with van der Waals surface area (Å²) < 4.78 is 9.65. The number of anilines is 1. The minimum Gasteiger partial charge on any atom is -0.508 e. The number of hydrogen-bond donors (Lipinski definition) is 1. The molecule has 0 aliphatic carbocycles. The van der Waals surface area contributed by atoms with E-state index in [1.54, 1.807) is 42.6 Å². The predicted octanol–water partition coefficient (Wildman–Crippen LogP) is 3.11. The van der Waals surface area contributed by atoms with Crippen LogP contribution in [-0.2, 0) is 19.1 Å². The van der Waals surface area contributed by atoms with Crippen molar-refractivity contribution < 1.29 is 29.0 Å². The Labute approximate surface area is 173 Å². The van der Waals surface area contributed by atoms with Crippen LogP contribution in [0.25, 0.3) is 0 Å². The van der Waals surface area contributed by atoms with Gasteiger partial charge in [-0.2, -0.15) is 0 Å². The Kier molecular flexibility index (Phi) is 6.12. The van der Waals surface area contributed by atoms with E-state index in [0.29, 0.717) is 16.8 Å². The molecule has 2 aromatic carbocycles. The number of hydrogen-bond acceptors (Lipinski definition) is 7. The monoisotopic (exact) mass is 405 g/mol. The molecule has 1 aliphatic heterocycles. The number of nitrogens with zero attached hydrogens (tertiary/aromatic N) is 1. The summed E-state index contributed by atoms with van der Waals surface area (Å²) in [7, 11) is 2.45. The second-order valence-electron chi connectivity index (χ2n) is 6.24. The third-order valence-electron chi connectivity index (χ3n) is 4.43. The Morgan fingerprint density at radius 3 is 1.93 bits per heavy atom. The number of rotatable bonds is 5. The summed E-state index contributed by atoms with van der Waals surface area (Å²) in [6, 6.07) is 12.5. The number of esters is 2. The second-order valence-corrected chi connectivity index (χ2v) is 6.24. The van der Waals surface area contributed by atoms with Crippen molar-refractivity contribution in [3.05, 3.63) is 95.4 Å². The van der Waals surface area contributed by atoms with Crippen molar-refractivity contribution in [1.82, 2.24) is 0 Å². The molecule has 0 saturated heterocycles. The Balaban J connectivity index is 1.99. The molecule has 0 saturated carbocycles. The fourth-order valence-electron chi connectivity index (χ4n) is 2.92. The van der Waals surface area contributed by atoms with E-state index in [0.717, 1.165) is 0 Å². The molecule has 0 fully saturated rings. The molecule has 1 heterocycles. The maximum Gasteiger partial charge on any atom is 0.355 e. The molecule has 2 aromatic rings. The third-order valence-corrected chi connectivity index (χ3v) is 4.43. The number of benzene rings is 2. The first-order valence-electron chi connectivity index (χ1n) is 8.95. The molecule has 7 nitrogen and oxygen atoms in total. The van der Waals surface area contributed by atoms with Gasteiger partial charge in [0.15, 0.2) is 5.78 Å². The fourth-order valence-corrected chi connectivity index (χ4v) is 2.92. The van der Waals surface area contributed by atoms with E-state index in [4.69, 9.17) is 9.47 Å². The molecule has 0 bridgehead atoms. The van der Waals surface area contributed by atoms with E-state index >= 15 is 0 Å². The second kappa shape index (κ2) is 8.91. The van der Waals surface area contributed by atoms with Crippen LogP contribution in [-0.4, -0.2) is 37.0 Å². The minimum absolute atomic E-state index is 0.00744. The Morgan fingerprint density at radius 2 is 1.37 bits per heavy atom. The Morgan fingerprint density at radius 1 is 0.800 bits per heavy atom. The molecule has 0 radical (unpaired) electrons. The van der Waals surface area contributed by atoms with Crippen molar-refractivity contribution in [2.75, 3.05) is 19.1 Å². The van der Waals surface area contributed by atoms with Crippen molar-refractivity contribution in [1.29, 1.82) is 0 Å². The summed E-state index contributed by atoms with van der Waals surface area (Å²) in [4.78, 5) is 38.8. The number of phenols is 1. The molecular weight excluding hydrogens is 386 g/mol. The first kappa shape index (κ1) is 20.6. The number of ether oxygens (including phenoxy) is 2. The zero-order valence-corrected chi connectivity index (χ0v) is 16.4. The average Bonchev–Trinajstić information content (AvgIpc) is 3.01. The zero-order chi connectivity index (χ0) is 21.7. The van der Waals surface area contributed by atoms with E-state index in [9.17, 15) is 19.5 Å². The highest BCUT2D eigenvalue weighted by molar-refractivity contribution is 6.09. The van der Waals surface area contributed by atoms with E-state index in [1.807, 2.05) is 0 Å². The van der Waals surface area contributed by atoms with E-state index in [2.05, 4.69) is 0 Å². The van der Waals surface area contributed by atoms with Gasteiger partial charge in [0.2, 0.25) is 0 Å². The van der Waals surface area contributed by atoms with Gasteiger partial charge in [0.25, 0.3) is 0 Å². The predicted molar refractivity (Wildman–Crippen MR) is 110 cm³/mol. The Bertz CT molecular complexity index is 1060. The standard InChI is InChI=1S/C23H19NO6/c1-29-22(27)19-5-3-4-14-24(20(19)23(28)30-2)17-10-6-15(7-11-17)21(26)16-8-12-18(25)13-9-16/h3-14,25H,1-2H3. The van der Waals surface area contributed by atoms with Gasteiger partial charge in [-0.1, -0.05) is 6.08 Å². The number of aromatic hydroxyl groups is 1. The zero-order valence-electron chi connectivity index (χ0n) is 16.4. The molecule has 0 atom stereocenters. The van der Waals surface area contributed by atoms with E-state index < -0.39 is 11.9 Å². The fraction of sp³-hybridized carbons (Fsp3) is 0.0870. The highest BCUT2D eigenvalue weighted by Crippen LogP contribution is 2.27. The van der Waals surface area contributed by atoms with Gasteiger partial charge in [-0.15, -0.1) is 0 Å². The van der Waals surface area contributed by atoms with E-state index in [1.165, 1.54) is 49.5 Å². The molecule has 7 heteroatoms. The summed E-state index contributed by atoms with van der Waals surface area (Å²) in [5, 5.41) is 9.38. The first-order chi connectivity index (χ1) is 14.5. The summed E-state index contributed by atoms with van der Waals surface area (Å²) in [5.41, 5.74) is 1.44. The van der Waals surface area contributed by atoms with Gasteiger partial charge >= 0.3 is 11.9 Å². The van der Waals surface area contributed by atoms with Gasteiger partial charge in [-0.3, -0.25) is 4.79 Å². The number of phenolic OH excluding ortho intramolecular Hbond substituents is 1. The highest BCUT2D eigenvalue weighted by Gasteiger charge is 2.27. The van der Waals surface area contributed by atoms with Crippen LogP contribution in [0.4, 0.5) is 5.69 Å². The topological polar surface area (TPSA) is 93.1 Å². The van der Waals surface area contributed by atoms with Crippen LogP contribution >= 0.6 is 0 Å². The van der Waals surface area contributed by atoms with Crippen LogP contribution in [0, 0.1) is 0 Å². The van der Waals surface area contributed by atoms with Crippen molar-refractivity contribution in [3.63, 3.8) is 0 Å². The van der Waals surface area contributed by atoms with Crippen LogP contribution in [0.2, 0.25) is 0 Å². The molecule has 0 amide bonds. The molecule has 30 heavy (non-hydrogen) atoms. The number of carbonyl (C=O) groups excluding carboxylic acids is 3. The molecule has 3 rings (SSSR count). The highest BCUT2D eigenvalue weighted by atomic mass is 16.5. The third kappa shape index (κ3) is 4.15. The van der Waals surface area contributed by atoms with Crippen LogP contribution in [0.15, 0.2) is 84.2 Å². The van der Waals surface area contributed by atoms with Gasteiger partial charge in [0.05, 0.1) is 19.8 Å². The maximum absolute atomic E-state index is 12.6. The van der Waals surface area contributed by atoms with Gasteiger partial charge in [-0.25, -0.2) is 9.59 Å². The number of methoxy groups -OCH3 is 2. The molecule has 1 aliphatic rings. The minimum atomic E-state index is -0.712. The summed E-state index contributed by atoms with van der Waals surface area (Å²) >= 11 is 0. The quantitative estimate of drug-likeness (QED) is 0.603. The lowest BCUT2D eigenvalue weighted by Crippen LogP contribution is -2.27. The van der Waals surface area contributed by atoms with Crippen molar-refractivity contribution in [2.24, 2.45) is 0 Å². The molecule has 0 aromatic heterocycles. The number of allylic oxidation sites excluding steroid dienone is 2. The number of ketones is 1. The lowest BCUT2D eigenvalue weighted by atomic mass is 10.0. The maximum atomic E-state index is 12.6. The van der Waals surface area contributed by atoms with Crippen LogP contribution in [0.5, 0.6) is 5.75 Å². The largest absolute Gasteiger partial charge is 0.508 e. The van der Waals surface area contributed by atoms with E-state index in [-0.39, 0.29) is 22.8 Å². The van der Waals surface area contributed by atoms with Crippen LogP contribution < -0.4 is 4.90 Å². The average molecular weight is 405 g/mol. The van der Waals surface area contributed by atoms with Gasteiger partial charge < -0.3 is 19.5 Å².